The van der Waals surface area contributed by atoms with E-state index in [9.17, 15) is 0 Å². The van der Waals surface area contributed by atoms with Gasteiger partial charge in [0.15, 0.2) is 6.29 Å². The van der Waals surface area contributed by atoms with Crippen LogP contribution in [0.15, 0.2) is 24.3 Å². The Balaban J connectivity index is 2.06. The lowest BCUT2D eigenvalue weighted by Crippen LogP contribution is -2.22. The van der Waals surface area contributed by atoms with Crippen LogP contribution in [0.5, 0.6) is 0 Å². The van der Waals surface area contributed by atoms with Crippen molar-refractivity contribution < 1.29 is 9.47 Å². The summed E-state index contributed by atoms with van der Waals surface area (Å²) in [5, 5.41) is 0. The molecule has 0 amide bonds. The fourth-order valence-electron chi connectivity index (χ4n) is 2.29. The van der Waals surface area contributed by atoms with Crippen LogP contribution >= 0.6 is 22.6 Å². The molecule has 3 heteroatoms. The third-order valence-electron chi connectivity index (χ3n) is 2.91. The van der Waals surface area contributed by atoms with E-state index < -0.39 is 0 Å². The summed E-state index contributed by atoms with van der Waals surface area (Å²) >= 11 is 2.48. The van der Waals surface area contributed by atoms with Crippen LogP contribution in [0.4, 0.5) is 0 Å². The van der Waals surface area contributed by atoms with E-state index in [1.165, 1.54) is 11.1 Å². The van der Waals surface area contributed by atoms with Gasteiger partial charge in [0, 0.05) is 3.92 Å². The lowest BCUT2D eigenvalue weighted by atomic mass is 10.1. The third kappa shape index (κ3) is 3.20. The predicted octanol–water partition coefficient (Wildman–Crippen LogP) is 3.88. The van der Waals surface area contributed by atoms with Gasteiger partial charge in [-0.2, -0.15) is 0 Å². The molecule has 0 aromatic heterocycles. The predicted molar refractivity (Wildman–Crippen MR) is 77.5 cm³/mol. The summed E-state index contributed by atoms with van der Waals surface area (Å²) in [6.45, 7) is 6.04. The first-order chi connectivity index (χ1) is 8.08. The van der Waals surface area contributed by atoms with Crippen LogP contribution in [0.2, 0.25) is 0 Å². The lowest BCUT2D eigenvalue weighted by Gasteiger charge is -2.23. The molecule has 94 valence electrons. The summed E-state index contributed by atoms with van der Waals surface area (Å²) < 4.78 is 12.2. The van der Waals surface area contributed by atoms with Crippen molar-refractivity contribution in [3.05, 3.63) is 35.4 Å². The number of ether oxygens (including phenoxy) is 2. The summed E-state index contributed by atoms with van der Waals surface area (Å²) in [5.41, 5.74) is 2.74. The summed E-state index contributed by atoms with van der Waals surface area (Å²) in [4.78, 5) is 0. The topological polar surface area (TPSA) is 18.5 Å². The number of benzene rings is 1. The van der Waals surface area contributed by atoms with E-state index in [0.29, 0.717) is 3.92 Å². The summed E-state index contributed by atoms with van der Waals surface area (Å²) in [5.74, 6) is 0. The average molecular weight is 346 g/mol. The molecule has 1 aromatic rings. The molecule has 2 nitrogen and oxygen atoms in total. The van der Waals surface area contributed by atoms with Gasteiger partial charge >= 0.3 is 0 Å². The van der Waals surface area contributed by atoms with Crippen LogP contribution in [0.3, 0.4) is 0 Å². The summed E-state index contributed by atoms with van der Waals surface area (Å²) in [6.07, 6.45) is 1.31. The van der Waals surface area contributed by atoms with E-state index in [-0.39, 0.29) is 18.5 Å². The number of alkyl halides is 1. The third-order valence-corrected chi connectivity index (χ3v) is 4.00. The molecule has 0 fully saturated rings. The van der Waals surface area contributed by atoms with Crippen molar-refractivity contribution in [3.8, 4) is 0 Å². The fourth-order valence-corrected chi connectivity index (χ4v) is 3.32. The van der Waals surface area contributed by atoms with E-state index in [0.717, 1.165) is 6.42 Å². The second kappa shape index (κ2) is 5.67. The first kappa shape index (κ1) is 13.3. The highest BCUT2D eigenvalue weighted by molar-refractivity contribution is 14.1. The maximum atomic E-state index is 6.03. The zero-order valence-corrected chi connectivity index (χ0v) is 12.7. The van der Waals surface area contributed by atoms with E-state index in [1.54, 1.807) is 0 Å². The minimum atomic E-state index is -0.150. The highest BCUT2D eigenvalue weighted by Gasteiger charge is 2.32. The number of halogens is 1. The minimum Gasteiger partial charge on any atom is -0.350 e. The Hall–Kier alpha value is -0.130. The second-order valence-electron chi connectivity index (χ2n) is 4.73. The molecule has 0 saturated carbocycles. The maximum Gasteiger partial charge on any atom is 0.156 e. The molecule has 17 heavy (non-hydrogen) atoms. The molecule has 0 bridgehead atoms. The molecule has 0 N–H and O–H groups in total. The molecule has 1 aliphatic carbocycles. The van der Waals surface area contributed by atoms with Gasteiger partial charge < -0.3 is 9.47 Å². The zero-order valence-electron chi connectivity index (χ0n) is 10.5. The molecule has 3 unspecified atom stereocenters. The molecule has 0 saturated heterocycles. The normalized spacial score (nSPS) is 25.0. The Kier molecular flexibility index (Phi) is 4.44. The van der Waals surface area contributed by atoms with Gasteiger partial charge in [-0.1, -0.05) is 46.9 Å². The Morgan fingerprint density at radius 1 is 1.24 bits per heavy atom. The minimum absolute atomic E-state index is 0.150. The monoisotopic (exact) mass is 346 g/mol. The number of rotatable bonds is 4. The molecule has 0 radical (unpaired) electrons. The average Bonchev–Trinajstić information content (AvgIpc) is 2.55. The highest BCUT2D eigenvalue weighted by atomic mass is 127. The van der Waals surface area contributed by atoms with E-state index in [4.69, 9.17) is 9.47 Å². The van der Waals surface area contributed by atoms with Crippen LogP contribution in [-0.2, 0) is 15.9 Å². The molecule has 1 aromatic carbocycles. The van der Waals surface area contributed by atoms with Gasteiger partial charge in [-0.25, -0.2) is 0 Å². The molecule has 2 rings (SSSR count). The van der Waals surface area contributed by atoms with Crippen molar-refractivity contribution >= 4 is 22.6 Å². The van der Waals surface area contributed by atoms with Gasteiger partial charge in [-0.15, -0.1) is 0 Å². The van der Waals surface area contributed by atoms with Crippen LogP contribution in [0.1, 0.15) is 38.0 Å². The molecular weight excluding hydrogens is 327 g/mol. The van der Waals surface area contributed by atoms with Crippen LogP contribution < -0.4 is 0 Å². The molecule has 0 spiro atoms. The van der Waals surface area contributed by atoms with Gasteiger partial charge in [-0.3, -0.25) is 0 Å². The maximum absolute atomic E-state index is 6.03. The smallest absolute Gasteiger partial charge is 0.156 e. The van der Waals surface area contributed by atoms with E-state index >= 15 is 0 Å². The number of fused-ring (bicyclic) bond motifs is 1. The SMILES string of the molecule is CC(C)OC(C)OC1c2ccccc2CC1I. The van der Waals surface area contributed by atoms with Crippen LogP contribution in [0, 0.1) is 0 Å². The van der Waals surface area contributed by atoms with Crippen molar-refractivity contribution in [2.75, 3.05) is 0 Å². The standard InChI is InChI=1S/C14H19IO2/c1-9(2)16-10(3)17-14-12-7-5-4-6-11(12)8-13(14)15/h4-7,9-10,13-14H,8H2,1-3H3. The molecule has 0 aliphatic heterocycles. The van der Waals surface area contributed by atoms with Crippen molar-refractivity contribution in [2.45, 2.75) is 49.6 Å². The quantitative estimate of drug-likeness (QED) is 0.468. The molecular formula is C14H19IO2. The highest BCUT2D eigenvalue weighted by Crippen LogP contribution is 2.39. The number of hydrogen-bond acceptors (Lipinski definition) is 2. The largest absolute Gasteiger partial charge is 0.350 e. The van der Waals surface area contributed by atoms with Crippen LogP contribution in [0.25, 0.3) is 0 Å². The Morgan fingerprint density at radius 3 is 2.65 bits per heavy atom. The Bertz CT molecular complexity index is 378. The van der Waals surface area contributed by atoms with Crippen molar-refractivity contribution in [1.82, 2.24) is 0 Å². The van der Waals surface area contributed by atoms with Gasteiger partial charge in [0.25, 0.3) is 0 Å². The molecule has 1 aliphatic rings. The fraction of sp³-hybridized carbons (Fsp3) is 0.571. The lowest BCUT2D eigenvalue weighted by molar-refractivity contribution is -0.176. The summed E-state index contributed by atoms with van der Waals surface area (Å²) in [6, 6.07) is 8.54. The van der Waals surface area contributed by atoms with Gasteiger partial charge in [0.2, 0.25) is 0 Å². The van der Waals surface area contributed by atoms with Crippen LogP contribution in [-0.4, -0.2) is 16.3 Å². The Morgan fingerprint density at radius 2 is 1.94 bits per heavy atom. The van der Waals surface area contributed by atoms with Crippen molar-refractivity contribution in [1.29, 1.82) is 0 Å². The summed E-state index contributed by atoms with van der Waals surface area (Å²) in [7, 11) is 0. The van der Waals surface area contributed by atoms with Gasteiger partial charge in [0.1, 0.15) is 0 Å². The second-order valence-corrected chi connectivity index (χ2v) is 6.33. The molecule has 0 heterocycles. The zero-order chi connectivity index (χ0) is 12.4. The van der Waals surface area contributed by atoms with E-state index in [1.807, 2.05) is 20.8 Å². The first-order valence-electron chi connectivity index (χ1n) is 6.10. The first-order valence-corrected chi connectivity index (χ1v) is 7.35. The van der Waals surface area contributed by atoms with E-state index in [2.05, 4.69) is 46.9 Å². The Labute approximate surface area is 117 Å². The van der Waals surface area contributed by atoms with Gasteiger partial charge in [-0.05, 0) is 38.3 Å². The van der Waals surface area contributed by atoms with Gasteiger partial charge in [0.05, 0.1) is 12.2 Å². The van der Waals surface area contributed by atoms with Crippen molar-refractivity contribution in [3.63, 3.8) is 0 Å². The number of hydrogen-bond donors (Lipinski definition) is 0. The molecule has 3 atom stereocenters. The van der Waals surface area contributed by atoms with Crippen molar-refractivity contribution in [2.24, 2.45) is 0 Å².